The molecule has 24 heavy (non-hydrogen) atoms. The molecule has 0 unspecified atom stereocenters. The second-order valence-corrected chi connectivity index (χ2v) is 7.36. The van der Waals surface area contributed by atoms with Gasteiger partial charge in [0.1, 0.15) is 26.5 Å². The van der Waals surface area contributed by atoms with E-state index in [4.69, 9.17) is 0 Å². The molecular weight excluding hydrogens is 338 g/mol. The highest BCUT2D eigenvalue weighted by Gasteiger charge is 2.12. The molecule has 120 valence electrons. The lowest BCUT2D eigenvalue weighted by Gasteiger charge is -2.06. The molecule has 1 aromatic carbocycles. The molecule has 1 N–H and O–H groups in total. The molecule has 4 aromatic rings. The molecule has 0 fully saturated rings. The molecule has 0 spiro atoms. The summed E-state index contributed by atoms with van der Waals surface area (Å²) in [4.78, 5) is 10.1. The standard InChI is InChI=1S/C17H15N5S2/c1-10-9-23-17-14(10)15(19-11(2)20-17)18-8-13-21-22-16(24-13)12-6-4-3-5-7-12/h3-7,9H,8H2,1-2H3,(H,18,19,20). The van der Waals surface area contributed by atoms with E-state index in [0.717, 1.165) is 37.4 Å². The van der Waals surface area contributed by atoms with Crippen LogP contribution in [-0.4, -0.2) is 20.2 Å². The summed E-state index contributed by atoms with van der Waals surface area (Å²) in [6.45, 7) is 4.60. The van der Waals surface area contributed by atoms with Gasteiger partial charge in [-0.3, -0.25) is 0 Å². The van der Waals surface area contributed by atoms with Gasteiger partial charge in [0.15, 0.2) is 0 Å². The number of aromatic nitrogens is 4. The first-order valence-corrected chi connectivity index (χ1v) is 9.24. The minimum atomic E-state index is 0.603. The highest BCUT2D eigenvalue weighted by molar-refractivity contribution is 7.17. The van der Waals surface area contributed by atoms with Crippen molar-refractivity contribution in [2.75, 3.05) is 5.32 Å². The predicted molar refractivity (Wildman–Crippen MR) is 99.6 cm³/mol. The molecule has 0 atom stereocenters. The van der Waals surface area contributed by atoms with E-state index in [9.17, 15) is 0 Å². The second-order valence-electron chi connectivity index (χ2n) is 5.44. The van der Waals surface area contributed by atoms with Gasteiger partial charge in [0.05, 0.1) is 11.9 Å². The Morgan fingerprint density at radius 1 is 1.04 bits per heavy atom. The van der Waals surface area contributed by atoms with Crippen LogP contribution in [-0.2, 0) is 6.54 Å². The summed E-state index contributed by atoms with van der Waals surface area (Å²) < 4.78 is 0. The largest absolute Gasteiger partial charge is 0.363 e. The number of nitrogens with zero attached hydrogens (tertiary/aromatic N) is 4. The van der Waals surface area contributed by atoms with Gasteiger partial charge in [-0.1, -0.05) is 41.7 Å². The van der Waals surface area contributed by atoms with E-state index >= 15 is 0 Å². The topological polar surface area (TPSA) is 63.6 Å². The lowest BCUT2D eigenvalue weighted by Crippen LogP contribution is -2.03. The van der Waals surface area contributed by atoms with Crippen molar-refractivity contribution in [2.45, 2.75) is 20.4 Å². The number of rotatable bonds is 4. The molecule has 3 aromatic heterocycles. The first-order valence-electron chi connectivity index (χ1n) is 7.55. The van der Waals surface area contributed by atoms with E-state index in [1.54, 1.807) is 22.7 Å². The fourth-order valence-electron chi connectivity index (χ4n) is 2.50. The number of aryl methyl sites for hydroxylation is 2. The number of benzene rings is 1. The zero-order chi connectivity index (χ0) is 16.5. The van der Waals surface area contributed by atoms with Crippen molar-refractivity contribution in [3.8, 4) is 10.6 Å². The van der Waals surface area contributed by atoms with Gasteiger partial charge in [-0.25, -0.2) is 9.97 Å². The van der Waals surface area contributed by atoms with Crippen LogP contribution in [0.1, 0.15) is 16.4 Å². The van der Waals surface area contributed by atoms with E-state index in [2.05, 4.69) is 37.8 Å². The van der Waals surface area contributed by atoms with Crippen LogP contribution in [0.3, 0.4) is 0 Å². The molecule has 3 heterocycles. The number of anilines is 1. The zero-order valence-electron chi connectivity index (χ0n) is 13.3. The van der Waals surface area contributed by atoms with E-state index in [0.29, 0.717) is 6.54 Å². The minimum absolute atomic E-state index is 0.603. The molecule has 0 radical (unpaired) electrons. The van der Waals surface area contributed by atoms with Crippen molar-refractivity contribution < 1.29 is 0 Å². The monoisotopic (exact) mass is 353 g/mol. The zero-order valence-corrected chi connectivity index (χ0v) is 14.9. The van der Waals surface area contributed by atoms with Gasteiger partial charge in [-0.15, -0.1) is 21.5 Å². The maximum atomic E-state index is 4.56. The first kappa shape index (κ1) is 15.2. The van der Waals surface area contributed by atoms with Crippen LogP contribution in [0.5, 0.6) is 0 Å². The quantitative estimate of drug-likeness (QED) is 0.588. The average Bonchev–Trinajstić information content (AvgIpc) is 3.21. The third kappa shape index (κ3) is 2.88. The Morgan fingerprint density at radius 2 is 1.88 bits per heavy atom. The molecule has 0 aliphatic rings. The van der Waals surface area contributed by atoms with Gasteiger partial charge in [0.25, 0.3) is 0 Å². The first-order chi connectivity index (χ1) is 11.7. The summed E-state index contributed by atoms with van der Waals surface area (Å²) >= 11 is 3.24. The number of hydrogen-bond donors (Lipinski definition) is 1. The fourth-order valence-corrected chi connectivity index (χ4v) is 4.25. The summed E-state index contributed by atoms with van der Waals surface area (Å²) in [7, 11) is 0. The summed E-state index contributed by atoms with van der Waals surface area (Å²) in [5.41, 5.74) is 2.29. The van der Waals surface area contributed by atoms with Gasteiger partial charge < -0.3 is 5.32 Å². The van der Waals surface area contributed by atoms with E-state index in [1.165, 1.54) is 5.56 Å². The van der Waals surface area contributed by atoms with Crippen molar-refractivity contribution in [3.63, 3.8) is 0 Å². The number of thiophene rings is 1. The van der Waals surface area contributed by atoms with Gasteiger partial charge >= 0.3 is 0 Å². The highest BCUT2D eigenvalue weighted by atomic mass is 32.1. The lowest BCUT2D eigenvalue weighted by atomic mass is 10.2. The molecule has 0 bridgehead atoms. The van der Waals surface area contributed by atoms with E-state index < -0.39 is 0 Å². The lowest BCUT2D eigenvalue weighted by molar-refractivity contribution is 0.980. The van der Waals surface area contributed by atoms with Crippen molar-refractivity contribution in [3.05, 3.63) is 52.1 Å². The van der Waals surface area contributed by atoms with Crippen LogP contribution in [0.15, 0.2) is 35.7 Å². The fraction of sp³-hybridized carbons (Fsp3) is 0.176. The maximum Gasteiger partial charge on any atom is 0.147 e. The predicted octanol–water partition coefficient (Wildman–Crippen LogP) is 4.44. The molecule has 0 saturated heterocycles. The molecule has 0 amide bonds. The third-order valence-corrected chi connectivity index (χ3v) is 5.59. The normalized spacial score (nSPS) is 11.1. The molecule has 7 heteroatoms. The maximum absolute atomic E-state index is 4.56. The summed E-state index contributed by atoms with van der Waals surface area (Å²) in [5.74, 6) is 1.64. The Balaban J connectivity index is 1.58. The Labute approximate surface area is 147 Å². The smallest absolute Gasteiger partial charge is 0.147 e. The summed E-state index contributed by atoms with van der Waals surface area (Å²) in [5, 5.41) is 17.0. The van der Waals surface area contributed by atoms with Gasteiger partial charge in [-0.2, -0.15) is 0 Å². The van der Waals surface area contributed by atoms with Crippen LogP contribution < -0.4 is 5.32 Å². The molecule has 4 rings (SSSR count). The average molecular weight is 353 g/mol. The Kier molecular flexibility index (Phi) is 3.95. The molecule has 0 saturated carbocycles. The van der Waals surface area contributed by atoms with Crippen LogP contribution in [0, 0.1) is 13.8 Å². The number of hydrogen-bond acceptors (Lipinski definition) is 7. The van der Waals surface area contributed by atoms with Crippen molar-refractivity contribution in [2.24, 2.45) is 0 Å². The van der Waals surface area contributed by atoms with Crippen LogP contribution >= 0.6 is 22.7 Å². The SMILES string of the molecule is Cc1nc(NCc2nnc(-c3ccccc3)s2)c2c(C)csc2n1. The summed E-state index contributed by atoms with van der Waals surface area (Å²) in [6.07, 6.45) is 0. The Morgan fingerprint density at radius 3 is 2.71 bits per heavy atom. The molecule has 0 aliphatic carbocycles. The van der Waals surface area contributed by atoms with E-state index in [-0.39, 0.29) is 0 Å². The van der Waals surface area contributed by atoms with Crippen LogP contribution in [0.2, 0.25) is 0 Å². The van der Waals surface area contributed by atoms with Crippen molar-refractivity contribution >= 4 is 38.7 Å². The number of nitrogens with one attached hydrogen (secondary N) is 1. The van der Waals surface area contributed by atoms with Crippen LogP contribution in [0.25, 0.3) is 20.8 Å². The van der Waals surface area contributed by atoms with Gasteiger partial charge in [0, 0.05) is 5.56 Å². The minimum Gasteiger partial charge on any atom is -0.363 e. The highest BCUT2D eigenvalue weighted by Crippen LogP contribution is 2.30. The van der Waals surface area contributed by atoms with Gasteiger partial charge in [-0.05, 0) is 24.8 Å². The van der Waals surface area contributed by atoms with Crippen molar-refractivity contribution in [1.82, 2.24) is 20.2 Å². The van der Waals surface area contributed by atoms with E-state index in [1.807, 2.05) is 37.3 Å². The molecule has 5 nitrogen and oxygen atoms in total. The summed E-state index contributed by atoms with van der Waals surface area (Å²) in [6, 6.07) is 10.1. The Bertz CT molecular complexity index is 991. The van der Waals surface area contributed by atoms with Crippen molar-refractivity contribution in [1.29, 1.82) is 0 Å². The molecular formula is C17H15N5S2. The number of fused-ring (bicyclic) bond motifs is 1. The Hall–Kier alpha value is -2.38. The molecule has 0 aliphatic heterocycles. The van der Waals surface area contributed by atoms with Gasteiger partial charge in [0.2, 0.25) is 0 Å². The second kappa shape index (κ2) is 6.26. The van der Waals surface area contributed by atoms with Crippen LogP contribution in [0.4, 0.5) is 5.82 Å². The third-order valence-electron chi connectivity index (χ3n) is 3.62.